The van der Waals surface area contributed by atoms with Gasteiger partial charge in [0.2, 0.25) is 6.61 Å². The molecule has 0 aromatic rings. The summed E-state index contributed by atoms with van der Waals surface area (Å²) in [5.41, 5.74) is 0.442. The van der Waals surface area contributed by atoms with E-state index in [1.54, 1.807) is 13.3 Å². The molecular weight excluding hydrogens is 116 g/mol. The van der Waals surface area contributed by atoms with Gasteiger partial charge >= 0.3 is 5.97 Å². The molecule has 0 aliphatic carbocycles. The first-order chi connectivity index (χ1) is 4.18. The fourth-order valence-electron chi connectivity index (χ4n) is 0.282. The molecule has 0 radical (unpaired) electrons. The van der Waals surface area contributed by atoms with Gasteiger partial charge in [0.15, 0.2) is 0 Å². The normalized spacial score (nSPS) is 8.22. The quantitative estimate of drug-likeness (QED) is 0.325. The Morgan fingerprint density at radius 2 is 2.33 bits per heavy atom. The average molecular weight is 127 g/mol. The monoisotopic (exact) mass is 127 g/mol. The van der Waals surface area contributed by atoms with Crippen LogP contribution >= 0.6 is 0 Å². The summed E-state index contributed by atoms with van der Waals surface area (Å²) in [6.45, 7) is 7.23. The summed E-state index contributed by atoms with van der Waals surface area (Å²) in [5, 5.41) is 0. The third-order valence-corrected chi connectivity index (χ3v) is 0.730. The van der Waals surface area contributed by atoms with Gasteiger partial charge < -0.3 is 4.74 Å². The lowest BCUT2D eigenvalue weighted by Gasteiger charge is -1.95. The number of hydrogen-bond donors (Lipinski definition) is 0. The molecule has 0 saturated carbocycles. The van der Waals surface area contributed by atoms with Crippen LogP contribution in [0.15, 0.2) is 12.2 Å². The van der Waals surface area contributed by atoms with Crippen LogP contribution in [0, 0.1) is 6.42 Å². The molecule has 0 saturated heterocycles. The van der Waals surface area contributed by atoms with Crippen LogP contribution in [0.25, 0.3) is 0 Å². The molecule has 2 heteroatoms. The Morgan fingerprint density at radius 1 is 1.78 bits per heavy atom. The molecule has 0 aliphatic rings. The van der Waals surface area contributed by atoms with Crippen LogP contribution in [0.1, 0.15) is 13.8 Å². The Morgan fingerprint density at radius 3 is 2.67 bits per heavy atom. The number of ether oxygens (including phenoxy) is 1. The minimum atomic E-state index is -0.326. The first-order valence-corrected chi connectivity index (χ1v) is 2.79. The van der Waals surface area contributed by atoms with E-state index in [0.717, 1.165) is 0 Å². The standard InChI is InChI=1S/C7H11O2/c1-4-5-9-7(8)6(2)3/h4H,2,5H2,1,3H3/q+1. The van der Waals surface area contributed by atoms with E-state index < -0.39 is 0 Å². The van der Waals surface area contributed by atoms with Crippen molar-refractivity contribution in [3.63, 3.8) is 0 Å². The predicted octanol–water partition coefficient (Wildman–Crippen LogP) is 1.33. The molecule has 2 nitrogen and oxygen atoms in total. The highest BCUT2D eigenvalue weighted by Crippen LogP contribution is 1.91. The Balaban J connectivity index is 3.39. The van der Waals surface area contributed by atoms with Crippen molar-refractivity contribution in [3.8, 4) is 0 Å². The van der Waals surface area contributed by atoms with Gasteiger partial charge in [-0.15, -0.1) is 0 Å². The summed E-state index contributed by atoms with van der Waals surface area (Å²) < 4.78 is 4.66. The molecule has 0 unspecified atom stereocenters. The molecule has 0 aliphatic heterocycles. The van der Waals surface area contributed by atoms with Crippen molar-refractivity contribution in [2.24, 2.45) is 0 Å². The van der Waals surface area contributed by atoms with E-state index >= 15 is 0 Å². The van der Waals surface area contributed by atoms with Crippen molar-refractivity contribution in [2.75, 3.05) is 6.61 Å². The second-order valence-electron chi connectivity index (χ2n) is 1.79. The first-order valence-electron chi connectivity index (χ1n) is 2.79. The smallest absolute Gasteiger partial charge is 0.336 e. The molecule has 0 bridgehead atoms. The van der Waals surface area contributed by atoms with Crippen LogP contribution in [0.3, 0.4) is 0 Å². The molecule has 0 rings (SSSR count). The van der Waals surface area contributed by atoms with Crippen LogP contribution in [0.4, 0.5) is 0 Å². The molecular formula is C7H11O2+. The van der Waals surface area contributed by atoms with Crippen molar-refractivity contribution in [1.29, 1.82) is 0 Å². The first kappa shape index (κ1) is 8.08. The zero-order valence-electron chi connectivity index (χ0n) is 5.81. The molecule has 0 aromatic carbocycles. The second kappa shape index (κ2) is 4.01. The van der Waals surface area contributed by atoms with Crippen molar-refractivity contribution in [1.82, 2.24) is 0 Å². The SMILES string of the molecule is C=C(C)C(=O)OC[CH+]C. The summed E-state index contributed by atoms with van der Waals surface area (Å²) in [4.78, 5) is 10.6. The Labute approximate surface area is 55.5 Å². The van der Waals surface area contributed by atoms with Crippen molar-refractivity contribution >= 4 is 5.97 Å². The molecule has 0 heterocycles. The lowest BCUT2D eigenvalue weighted by molar-refractivity contribution is -0.138. The Bertz CT molecular complexity index is 116. The van der Waals surface area contributed by atoms with Gasteiger partial charge in [-0.05, 0) is 6.92 Å². The maximum absolute atomic E-state index is 10.6. The zero-order valence-corrected chi connectivity index (χ0v) is 5.81. The molecule has 50 valence electrons. The molecule has 0 N–H and O–H groups in total. The van der Waals surface area contributed by atoms with Gasteiger partial charge in [-0.3, -0.25) is 0 Å². The van der Waals surface area contributed by atoms with Gasteiger partial charge in [0.05, 0.1) is 6.92 Å². The Kier molecular flexibility index (Phi) is 3.60. The van der Waals surface area contributed by atoms with Crippen LogP contribution < -0.4 is 0 Å². The van der Waals surface area contributed by atoms with Gasteiger partial charge in [-0.25, -0.2) is 4.79 Å². The van der Waals surface area contributed by atoms with Crippen molar-refractivity contribution in [3.05, 3.63) is 18.6 Å². The van der Waals surface area contributed by atoms with Gasteiger partial charge in [0.1, 0.15) is 6.42 Å². The fraction of sp³-hybridized carbons (Fsp3) is 0.429. The van der Waals surface area contributed by atoms with Crippen molar-refractivity contribution in [2.45, 2.75) is 13.8 Å². The highest BCUT2D eigenvalue weighted by molar-refractivity contribution is 5.86. The van der Waals surface area contributed by atoms with Crippen LogP contribution in [-0.2, 0) is 9.53 Å². The highest BCUT2D eigenvalue weighted by Gasteiger charge is 2.02. The largest absolute Gasteiger partial charge is 0.420 e. The van der Waals surface area contributed by atoms with Gasteiger partial charge in [-0.1, -0.05) is 6.58 Å². The van der Waals surface area contributed by atoms with Crippen LogP contribution in [0.5, 0.6) is 0 Å². The molecule has 9 heavy (non-hydrogen) atoms. The van der Waals surface area contributed by atoms with Crippen LogP contribution in [-0.4, -0.2) is 12.6 Å². The minimum Gasteiger partial charge on any atom is -0.420 e. The third-order valence-electron chi connectivity index (χ3n) is 0.730. The van der Waals surface area contributed by atoms with E-state index in [-0.39, 0.29) is 5.97 Å². The van der Waals surface area contributed by atoms with E-state index in [4.69, 9.17) is 0 Å². The molecule has 0 spiro atoms. The van der Waals surface area contributed by atoms with Crippen LogP contribution in [0.2, 0.25) is 0 Å². The maximum Gasteiger partial charge on any atom is 0.336 e. The molecule has 0 atom stereocenters. The number of rotatable bonds is 3. The topological polar surface area (TPSA) is 26.3 Å². The number of esters is 1. The van der Waals surface area contributed by atoms with E-state index in [1.165, 1.54) is 0 Å². The lowest BCUT2D eigenvalue weighted by Crippen LogP contribution is -2.05. The van der Waals surface area contributed by atoms with E-state index in [0.29, 0.717) is 12.2 Å². The summed E-state index contributed by atoms with van der Waals surface area (Å²) >= 11 is 0. The van der Waals surface area contributed by atoms with E-state index in [2.05, 4.69) is 11.3 Å². The molecule has 0 aromatic heterocycles. The number of hydrogen-bond acceptors (Lipinski definition) is 2. The summed E-state index contributed by atoms with van der Waals surface area (Å²) in [6.07, 6.45) is 1.76. The van der Waals surface area contributed by atoms with Gasteiger partial charge in [-0.2, -0.15) is 0 Å². The van der Waals surface area contributed by atoms with E-state index in [9.17, 15) is 4.79 Å². The average Bonchev–Trinajstić information content (AvgIpc) is 1.82. The Hall–Kier alpha value is -0.920. The maximum atomic E-state index is 10.6. The van der Waals surface area contributed by atoms with Crippen molar-refractivity contribution < 1.29 is 9.53 Å². The van der Waals surface area contributed by atoms with Gasteiger partial charge in [0, 0.05) is 5.57 Å². The minimum absolute atomic E-state index is 0.326. The number of carbonyl (C=O) groups excluding carboxylic acids is 1. The summed E-state index contributed by atoms with van der Waals surface area (Å²) in [7, 11) is 0. The number of carbonyl (C=O) groups is 1. The second-order valence-corrected chi connectivity index (χ2v) is 1.79. The summed E-state index contributed by atoms with van der Waals surface area (Å²) in [5.74, 6) is -0.326. The highest BCUT2D eigenvalue weighted by atomic mass is 16.5. The fourth-order valence-corrected chi connectivity index (χ4v) is 0.282. The molecule has 0 amide bonds. The molecule has 0 fully saturated rings. The predicted molar refractivity (Wildman–Crippen MR) is 35.7 cm³/mol. The van der Waals surface area contributed by atoms with E-state index in [1.807, 2.05) is 6.92 Å². The summed E-state index contributed by atoms with van der Waals surface area (Å²) in [6, 6.07) is 0. The van der Waals surface area contributed by atoms with Gasteiger partial charge in [0.25, 0.3) is 0 Å². The zero-order chi connectivity index (χ0) is 7.28. The lowest BCUT2D eigenvalue weighted by atomic mass is 10.4. The third kappa shape index (κ3) is 3.64.